The van der Waals surface area contributed by atoms with Gasteiger partial charge in [-0.2, -0.15) is 13.9 Å². The molecule has 2 aromatic rings. The van der Waals surface area contributed by atoms with Gasteiger partial charge in [0.25, 0.3) is 0 Å². The van der Waals surface area contributed by atoms with Gasteiger partial charge in [0.2, 0.25) is 5.90 Å². The fourth-order valence-electron chi connectivity index (χ4n) is 2.04. The van der Waals surface area contributed by atoms with E-state index in [0.717, 1.165) is 0 Å². The van der Waals surface area contributed by atoms with Crippen LogP contribution in [-0.2, 0) is 16.6 Å². The van der Waals surface area contributed by atoms with Crippen LogP contribution in [0.2, 0.25) is 0 Å². The molecule has 0 N–H and O–H groups in total. The van der Waals surface area contributed by atoms with Gasteiger partial charge in [0, 0.05) is 18.8 Å². The number of esters is 1. The zero-order valence-electron chi connectivity index (χ0n) is 11.9. The van der Waals surface area contributed by atoms with E-state index < -0.39 is 12.6 Å². The monoisotopic (exact) mass is 319 g/mol. The number of hydrogen-bond donors (Lipinski definition) is 0. The van der Waals surface area contributed by atoms with Gasteiger partial charge in [-0.25, -0.2) is 9.79 Å². The van der Waals surface area contributed by atoms with Crippen molar-refractivity contribution < 1.29 is 23.0 Å². The largest absolute Gasteiger partial charge is 0.434 e. The Kier molecular flexibility index (Phi) is 3.88. The van der Waals surface area contributed by atoms with Crippen LogP contribution >= 0.6 is 0 Å². The molecule has 1 aromatic carbocycles. The lowest BCUT2D eigenvalue weighted by atomic mass is 10.2. The van der Waals surface area contributed by atoms with E-state index in [2.05, 4.69) is 14.8 Å². The normalized spacial score (nSPS) is 15.9. The first kappa shape index (κ1) is 14.9. The topological polar surface area (TPSA) is 65.7 Å². The average molecular weight is 319 g/mol. The van der Waals surface area contributed by atoms with Gasteiger partial charge in [0.05, 0.1) is 11.8 Å². The first-order valence-corrected chi connectivity index (χ1v) is 6.58. The van der Waals surface area contributed by atoms with Crippen LogP contribution in [-0.4, -0.2) is 28.3 Å². The maximum absolute atomic E-state index is 12.4. The molecule has 1 aliphatic heterocycles. The standard InChI is InChI=1S/C15H11F2N3O3/c1-20-8-9(7-18-20)6-11-14(21)23-13(19-11)10-4-2-3-5-12(10)22-15(16)17/h2-8,15H,1H3. The minimum Gasteiger partial charge on any atom is -0.434 e. The Labute approximate surface area is 129 Å². The second kappa shape index (κ2) is 5.99. The molecule has 0 fully saturated rings. The second-order valence-corrected chi connectivity index (χ2v) is 4.66. The van der Waals surface area contributed by atoms with E-state index in [9.17, 15) is 13.6 Å². The molecule has 0 aliphatic carbocycles. The molecule has 23 heavy (non-hydrogen) atoms. The van der Waals surface area contributed by atoms with Crippen molar-refractivity contribution in [3.8, 4) is 5.75 Å². The van der Waals surface area contributed by atoms with Crippen molar-refractivity contribution in [1.82, 2.24) is 9.78 Å². The maximum atomic E-state index is 12.4. The van der Waals surface area contributed by atoms with Crippen molar-refractivity contribution in [2.24, 2.45) is 12.0 Å². The third-order valence-electron chi connectivity index (χ3n) is 2.98. The van der Waals surface area contributed by atoms with Gasteiger partial charge in [-0.1, -0.05) is 12.1 Å². The van der Waals surface area contributed by atoms with Crippen LogP contribution in [0.25, 0.3) is 6.08 Å². The number of aryl methyl sites for hydroxylation is 1. The molecule has 0 atom stereocenters. The number of alkyl halides is 2. The van der Waals surface area contributed by atoms with Crippen LogP contribution in [0.15, 0.2) is 47.3 Å². The lowest BCUT2D eigenvalue weighted by molar-refractivity contribution is -0.129. The number of aromatic nitrogens is 2. The van der Waals surface area contributed by atoms with Crippen LogP contribution in [0.3, 0.4) is 0 Å². The smallest absolute Gasteiger partial charge is 0.387 e. The summed E-state index contributed by atoms with van der Waals surface area (Å²) in [5, 5.41) is 3.98. The molecular formula is C15H11F2N3O3. The number of rotatable bonds is 4. The van der Waals surface area contributed by atoms with Crippen molar-refractivity contribution in [2.45, 2.75) is 6.61 Å². The van der Waals surface area contributed by atoms with E-state index >= 15 is 0 Å². The van der Waals surface area contributed by atoms with Gasteiger partial charge in [0.15, 0.2) is 5.70 Å². The third kappa shape index (κ3) is 3.25. The molecule has 0 saturated heterocycles. The summed E-state index contributed by atoms with van der Waals surface area (Å²) in [7, 11) is 1.74. The average Bonchev–Trinajstić information content (AvgIpc) is 3.06. The van der Waals surface area contributed by atoms with Crippen molar-refractivity contribution in [3.63, 3.8) is 0 Å². The SMILES string of the molecule is Cn1cc(C=C2N=C(c3ccccc3OC(F)F)OC2=O)cn1. The quantitative estimate of drug-likeness (QED) is 0.641. The van der Waals surface area contributed by atoms with Crippen molar-refractivity contribution in [2.75, 3.05) is 0 Å². The Hall–Kier alpha value is -3.03. The van der Waals surface area contributed by atoms with Crippen molar-refractivity contribution >= 4 is 17.9 Å². The molecule has 6 nitrogen and oxygen atoms in total. The van der Waals surface area contributed by atoms with Crippen molar-refractivity contribution in [3.05, 3.63) is 53.5 Å². The molecular weight excluding hydrogens is 308 g/mol. The van der Waals surface area contributed by atoms with E-state index in [0.29, 0.717) is 5.56 Å². The van der Waals surface area contributed by atoms with Crippen LogP contribution in [0, 0.1) is 0 Å². The van der Waals surface area contributed by atoms with Gasteiger partial charge < -0.3 is 9.47 Å². The molecule has 0 unspecified atom stereocenters. The zero-order chi connectivity index (χ0) is 16.4. The lowest BCUT2D eigenvalue weighted by Gasteiger charge is -2.08. The Morgan fingerprint density at radius 3 is 2.83 bits per heavy atom. The molecule has 8 heteroatoms. The predicted molar refractivity (Wildman–Crippen MR) is 76.9 cm³/mol. The molecule has 0 amide bonds. The number of benzene rings is 1. The van der Waals surface area contributed by atoms with Crippen LogP contribution in [0.5, 0.6) is 5.75 Å². The number of carbonyl (C=O) groups is 1. The molecule has 1 aliphatic rings. The highest BCUT2D eigenvalue weighted by atomic mass is 19.3. The number of ether oxygens (including phenoxy) is 2. The first-order valence-electron chi connectivity index (χ1n) is 6.58. The molecule has 0 radical (unpaired) electrons. The molecule has 1 aromatic heterocycles. The van der Waals surface area contributed by atoms with Gasteiger partial charge in [-0.3, -0.25) is 4.68 Å². The Morgan fingerprint density at radius 1 is 1.35 bits per heavy atom. The summed E-state index contributed by atoms with van der Waals surface area (Å²) in [6.07, 6.45) is 4.75. The van der Waals surface area contributed by atoms with E-state index in [1.807, 2.05) is 0 Å². The van der Waals surface area contributed by atoms with Gasteiger partial charge >= 0.3 is 12.6 Å². The van der Waals surface area contributed by atoms with Crippen LogP contribution < -0.4 is 4.74 Å². The Bertz CT molecular complexity index is 812. The number of aliphatic imine (C=N–C) groups is 1. The summed E-state index contributed by atoms with van der Waals surface area (Å²) in [4.78, 5) is 15.9. The molecule has 118 valence electrons. The number of halogens is 2. The summed E-state index contributed by atoms with van der Waals surface area (Å²) < 4.78 is 35.9. The molecule has 3 rings (SSSR count). The summed E-state index contributed by atoms with van der Waals surface area (Å²) in [6.45, 7) is -2.99. The first-order chi connectivity index (χ1) is 11.0. The van der Waals surface area contributed by atoms with Gasteiger partial charge in [0.1, 0.15) is 5.75 Å². The molecule has 0 saturated carbocycles. The number of carbonyl (C=O) groups excluding carboxylic acids is 1. The van der Waals surface area contributed by atoms with Gasteiger partial charge in [-0.15, -0.1) is 0 Å². The minimum atomic E-state index is -2.99. The fourth-order valence-corrected chi connectivity index (χ4v) is 2.04. The van der Waals surface area contributed by atoms with Crippen LogP contribution in [0.1, 0.15) is 11.1 Å². The van der Waals surface area contributed by atoms with E-state index in [1.165, 1.54) is 24.3 Å². The zero-order valence-corrected chi connectivity index (χ0v) is 11.9. The third-order valence-corrected chi connectivity index (χ3v) is 2.98. The summed E-state index contributed by atoms with van der Waals surface area (Å²) in [6, 6.07) is 5.97. The van der Waals surface area contributed by atoms with E-state index in [4.69, 9.17) is 4.74 Å². The van der Waals surface area contributed by atoms with Gasteiger partial charge in [-0.05, 0) is 18.2 Å². The summed E-state index contributed by atoms with van der Waals surface area (Å²) in [5.74, 6) is -0.867. The minimum absolute atomic E-state index is 0.0554. The number of nitrogens with zero attached hydrogens (tertiary/aromatic N) is 3. The second-order valence-electron chi connectivity index (χ2n) is 4.66. The number of para-hydroxylation sites is 1. The molecule has 0 spiro atoms. The van der Waals surface area contributed by atoms with Crippen molar-refractivity contribution in [1.29, 1.82) is 0 Å². The maximum Gasteiger partial charge on any atom is 0.387 e. The highest BCUT2D eigenvalue weighted by Crippen LogP contribution is 2.26. The lowest BCUT2D eigenvalue weighted by Crippen LogP contribution is -2.10. The van der Waals surface area contributed by atoms with E-state index in [-0.39, 0.29) is 22.9 Å². The Morgan fingerprint density at radius 2 is 2.13 bits per heavy atom. The predicted octanol–water partition coefficient (Wildman–Crippen LogP) is 2.37. The Balaban J connectivity index is 1.94. The number of hydrogen-bond acceptors (Lipinski definition) is 5. The highest BCUT2D eigenvalue weighted by Gasteiger charge is 2.27. The summed E-state index contributed by atoms with van der Waals surface area (Å²) >= 11 is 0. The molecule has 0 bridgehead atoms. The summed E-state index contributed by atoms with van der Waals surface area (Å²) in [5.41, 5.74) is 0.900. The number of cyclic esters (lactones) is 1. The highest BCUT2D eigenvalue weighted by molar-refractivity contribution is 6.13. The van der Waals surface area contributed by atoms with E-state index in [1.54, 1.807) is 30.2 Å². The van der Waals surface area contributed by atoms with Crippen LogP contribution in [0.4, 0.5) is 8.78 Å². The molecule has 2 heterocycles. The fraction of sp³-hybridized carbons (Fsp3) is 0.133.